The lowest BCUT2D eigenvalue weighted by Gasteiger charge is -2.26. The molecule has 120 valence electrons. The highest BCUT2D eigenvalue weighted by molar-refractivity contribution is 6.30. The van der Waals surface area contributed by atoms with E-state index in [2.05, 4.69) is 12.1 Å². The highest BCUT2D eigenvalue weighted by Gasteiger charge is 2.27. The van der Waals surface area contributed by atoms with E-state index in [0.717, 1.165) is 24.2 Å². The quantitative estimate of drug-likeness (QED) is 0.801. The Morgan fingerprint density at radius 3 is 2.68 bits per heavy atom. The van der Waals surface area contributed by atoms with Crippen LogP contribution in [0.25, 0.3) is 0 Å². The summed E-state index contributed by atoms with van der Waals surface area (Å²) in [6, 6.07) is 7.57. The van der Waals surface area contributed by atoms with Gasteiger partial charge in [-0.3, -0.25) is 4.79 Å². The Morgan fingerprint density at radius 2 is 2.09 bits per heavy atom. The van der Waals surface area contributed by atoms with Gasteiger partial charge in [-0.25, -0.2) is 0 Å². The zero-order valence-electron chi connectivity index (χ0n) is 13.4. The first-order valence-corrected chi connectivity index (χ1v) is 8.16. The van der Waals surface area contributed by atoms with Crippen LogP contribution in [-0.2, 0) is 9.63 Å². The van der Waals surface area contributed by atoms with Gasteiger partial charge in [0.25, 0.3) is 0 Å². The van der Waals surface area contributed by atoms with Crippen LogP contribution in [0.1, 0.15) is 39.2 Å². The highest BCUT2D eigenvalue weighted by atomic mass is 35.5. The normalized spacial score (nSPS) is 17.3. The molecule has 1 heterocycles. The lowest BCUT2D eigenvalue weighted by Crippen LogP contribution is -2.40. The van der Waals surface area contributed by atoms with Gasteiger partial charge < -0.3 is 9.74 Å². The van der Waals surface area contributed by atoms with Crippen LogP contribution in [0.3, 0.4) is 0 Å². The number of rotatable bonds is 6. The first-order chi connectivity index (χ1) is 10.5. The van der Waals surface area contributed by atoms with E-state index in [4.69, 9.17) is 16.4 Å². The van der Waals surface area contributed by atoms with E-state index in [9.17, 15) is 4.79 Å². The average molecular weight is 323 g/mol. The molecule has 1 aromatic rings. The van der Waals surface area contributed by atoms with Crippen LogP contribution in [0.5, 0.6) is 0 Å². The fourth-order valence-corrected chi connectivity index (χ4v) is 2.64. The fourth-order valence-electron chi connectivity index (χ4n) is 2.51. The number of benzene rings is 1. The summed E-state index contributed by atoms with van der Waals surface area (Å²) in [4.78, 5) is 19.6. The summed E-state index contributed by atoms with van der Waals surface area (Å²) >= 11 is 5.90. The minimum atomic E-state index is -0.0695. The zero-order chi connectivity index (χ0) is 16.1. The number of hydrogen-bond acceptors (Lipinski definition) is 3. The van der Waals surface area contributed by atoms with Gasteiger partial charge in [0.2, 0.25) is 5.91 Å². The van der Waals surface area contributed by atoms with Crippen molar-refractivity contribution in [3.63, 3.8) is 0 Å². The molecule has 0 aliphatic carbocycles. The molecule has 0 spiro atoms. The summed E-state index contributed by atoms with van der Waals surface area (Å²) in [7, 11) is 0. The molecule has 22 heavy (non-hydrogen) atoms. The molecule has 1 aromatic carbocycles. The van der Waals surface area contributed by atoms with Gasteiger partial charge >= 0.3 is 0 Å². The minimum Gasteiger partial charge on any atom is -0.390 e. The lowest BCUT2D eigenvalue weighted by molar-refractivity contribution is -0.136. The molecule has 1 aliphatic rings. The number of carbonyl (C=O) groups is 1. The number of amides is 1. The van der Waals surface area contributed by atoms with Crippen molar-refractivity contribution in [2.45, 2.75) is 39.7 Å². The second kappa shape index (κ2) is 7.63. The molecule has 0 aromatic heterocycles. The molecule has 0 saturated heterocycles. The summed E-state index contributed by atoms with van der Waals surface area (Å²) in [6.45, 7) is 7.27. The van der Waals surface area contributed by atoms with Crippen LogP contribution in [0.4, 0.5) is 0 Å². The maximum Gasteiger partial charge on any atom is 0.225 e. The molecule has 1 unspecified atom stereocenters. The monoisotopic (exact) mass is 322 g/mol. The molecule has 1 amide bonds. The van der Waals surface area contributed by atoms with E-state index >= 15 is 0 Å². The fraction of sp³-hybridized carbons (Fsp3) is 0.529. The van der Waals surface area contributed by atoms with Gasteiger partial charge in [-0.05, 0) is 24.1 Å². The van der Waals surface area contributed by atoms with Crippen LogP contribution in [-0.4, -0.2) is 35.7 Å². The van der Waals surface area contributed by atoms with Gasteiger partial charge in [-0.2, -0.15) is 0 Å². The van der Waals surface area contributed by atoms with E-state index in [1.807, 2.05) is 43.0 Å². The first-order valence-electron chi connectivity index (χ1n) is 7.78. The van der Waals surface area contributed by atoms with Crippen molar-refractivity contribution in [2.24, 2.45) is 11.1 Å². The Hall–Kier alpha value is -1.55. The Labute approximate surface area is 137 Å². The largest absolute Gasteiger partial charge is 0.390 e. The van der Waals surface area contributed by atoms with Crippen molar-refractivity contribution in [3.05, 3.63) is 34.9 Å². The number of oxime groups is 1. The minimum absolute atomic E-state index is 0.00427. The third-order valence-corrected chi connectivity index (χ3v) is 3.89. The zero-order valence-corrected chi connectivity index (χ0v) is 14.1. The summed E-state index contributed by atoms with van der Waals surface area (Å²) in [5, 5.41) is 4.88. The molecule has 0 radical (unpaired) electrons. The molecular weight excluding hydrogens is 300 g/mol. The van der Waals surface area contributed by atoms with Crippen molar-refractivity contribution >= 4 is 23.2 Å². The number of hydrogen-bond donors (Lipinski definition) is 0. The van der Waals surface area contributed by atoms with Crippen LogP contribution < -0.4 is 0 Å². The summed E-state index contributed by atoms with van der Waals surface area (Å²) in [5.74, 6) is 0.176. The Bertz CT molecular complexity index is 540. The molecule has 4 nitrogen and oxygen atoms in total. The lowest BCUT2D eigenvalue weighted by atomic mass is 10.0. The van der Waals surface area contributed by atoms with Gasteiger partial charge in [-0.15, -0.1) is 0 Å². The van der Waals surface area contributed by atoms with E-state index in [0.29, 0.717) is 18.0 Å². The van der Waals surface area contributed by atoms with Crippen molar-refractivity contribution < 1.29 is 9.63 Å². The first kappa shape index (κ1) is 16.8. The summed E-state index contributed by atoms with van der Waals surface area (Å²) < 4.78 is 0. The predicted molar refractivity (Wildman–Crippen MR) is 89.2 cm³/mol. The number of nitrogens with zero attached hydrogens (tertiary/aromatic N) is 2. The van der Waals surface area contributed by atoms with Crippen molar-refractivity contribution in [1.82, 2.24) is 4.90 Å². The topological polar surface area (TPSA) is 41.9 Å². The van der Waals surface area contributed by atoms with Gasteiger partial charge in [0.15, 0.2) is 6.10 Å². The molecule has 0 N–H and O–H groups in total. The number of carbonyl (C=O) groups excluding carboxylic acids is 1. The standard InChI is InChI=1S/C17H23ClN2O2/c1-4-9-20(17(21)12(2)3)11-15-10-16(19-22-15)13-5-7-14(18)8-6-13/h5-8,12,15H,4,9-11H2,1-3H3. The van der Waals surface area contributed by atoms with Gasteiger partial charge in [-0.1, -0.05) is 49.7 Å². The van der Waals surface area contributed by atoms with E-state index in [1.165, 1.54) is 0 Å². The third kappa shape index (κ3) is 4.23. The number of halogens is 1. The molecule has 1 atom stereocenters. The van der Waals surface area contributed by atoms with Crippen LogP contribution in [0.15, 0.2) is 29.4 Å². The maximum atomic E-state index is 12.2. The average Bonchev–Trinajstić information content (AvgIpc) is 2.95. The van der Waals surface area contributed by atoms with Crippen LogP contribution >= 0.6 is 11.6 Å². The van der Waals surface area contributed by atoms with Gasteiger partial charge in [0, 0.05) is 23.9 Å². The van der Waals surface area contributed by atoms with Crippen molar-refractivity contribution in [2.75, 3.05) is 13.1 Å². The highest BCUT2D eigenvalue weighted by Crippen LogP contribution is 2.20. The molecular formula is C17H23ClN2O2. The Balaban J connectivity index is 1.96. The van der Waals surface area contributed by atoms with Gasteiger partial charge in [0.05, 0.1) is 12.3 Å². The summed E-state index contributed by atoms with van der Waals surface area (Å²) in [6.07, 6.45) is 1.59. The van der Waals surface area contributed by atoms with E-state index < -0.39 is 0 Å². The molecule has 0 bridgehead atoms. The van der Waals surface area contributed by atoms with Crippen molar-refractivity contribution in [1.29, 1.82) is 0 Å². The predicted octanol–water partition coefficient (Wildman–Crippen LogP) is 3.73. The van der Waals surface area contributed by atoms with Crippen LogP contribution in [0.2, 0.25) is 5.02 Å². The molecule has 1 aliphatic heterocycles. The molecule has 0 fully saturated rings. The smallest absolute Gasteiger partial charge is 0.225 e. The van der Waals surface area contributed by atoms with Crippen molar-refractivity contribution in [3.8, 4) is 0 Å². The van der Waals surface area contributed by atoms with Gasteiger partial charge in [0.1, 0.15) is 0 Å². The van der Waals surface area contributed by atoms with E-state index in [1.54, 1.807) is 0 Å². The Morgan fingerprint density at radius 1 is 1.41 bits per heavy atom. The van der Waals surface area contributed by atoms with Crippen LogP contribution in [0, 0.1) is 5.92 Å². The third-order valence-electron chi connectivity index (χ3n) is 3.63. The second-order valence-corrected chi connectivity index (χ2v) is 6.35. The summed E-state index contributed by atoms with van der Waals surface area (Å²) in [5.41, 5.74) is 1.93. The SMILES string of the molecule is CCCN(CC1CC(c2ccc(Cl)cc2)=NO1)C(=O)C(C)C. The molecule has 2 rings (SSSR count). The van der Waals surface area contributed by atoms with E-state index in [-0.39, 0.29) is 17.9 Å². The maximum absolute atomic E-state index is 12.2. The second-order valence-electron chi connectivity index (χ2n) is 5.92. The molecule has 0 saturated carbocycles. The Kier molecular flexibility index (Phi) is 5.83. The molecule has 5 heteroatoms.